The van der Waals surface area contributed by atoms with Gasteiger partial charge in [0.1, 0.15) is 0 Å². The maximum atomic E-state index is 10.8. The molecule has 0 bridgehead atoms. The van der Waals surface area contributed by atoms with Gasteiger partial charge in [0, 0.05) is 10.8 Å². The van der Waals surface area contributed by atoms with Crippen molar-refractivity contribution in [3.8, 4) is 0 Å². The molecule has 3 aromatic rings. The lowest BCUT2D eigenvalue weighted by Crippen LogP contribution is -1.95. The molecule has 0 fully saturated rings. The Kier molecular flexibility index (Phi) is 1.71. The number of aromatic nitrogens is 2. The standard InChI is InChI=1S/C12H8N2O2/c15-12(16)8-3-4-10-7(5-8)1-2-9-6-13-14-11(9)10/h1-6H,(H,13,14)(H,15,16). The average molecular weight is 212 g/mol. The van der Waals surface area contributed by atoms with Gasteiger partial charge in [-0.25, -0.2) is 4.79 Å². The zero-order valence-electron chi connectivity index (χ0n) is 8.27. The Morgan fingerprint density at radius 3 is 2.81 bits per heavy atom. The normalized spacial score (nSPS) is 11.0. The van der Waals surface area contributed by atoms with Crippen LogP contribution in [0.1, 0.15) is 10.4 Å². The highest BCUT2D eigenvalue weighted by molar-refractivity contribution is 6.06. The van der Waals surface area contributed by atoms with E-state index in [-0.39, 0.29) is 0 Å². The van der Waals surface area contributed by atoms with Crippen LogP contribution in [0.3, 0.4) is 0 Å². The van der Waals surface area contributed by atoms with Gasteiger partial charge in [0.25, 0.3) is 0 Å². The van der Waals surface area contributed by atoms with E-state index in [1.165, 1.54) is 0 Å². The summed E-state index contributed by atoms with van der Waals surface area (Å²) in [6, 6.07) is 8.90. The molecule has 16 heavy (non-hydrogen) atoms. The minimum absolute atomic E-state index is 0.298. The third-order valence-electron chi connectivity index (χ3n) is 2.68. The molecule has 0 aliphatic heterocycles. The number of hydrogen-bond donors (Lipinski definition) is 2. The van der Waals surface area contributed by atoms with Gasteiger partial charge in [0.2, 0.25) is 0 Å². The summed E-state index contributed by atoms with van der Waals surface area (Å²) >= 11 is 0. The fourth-order valence-electron chi connectivity index (χ4n) is 1.88. The predicted molar refractivity (Wildman–Crippen MR) is 60.6 cm³/mol. The highest BCUT2D eigenvalue weighted by atomic mass is 16.4. The van der Waals surface area contributed by atoms with Crippen molar-refractivity contribution in [3.05, 3.63) is 42.1 Å². The van der Waals surface area contributed by atoms with Crippen LogP contribution in [0.5, 0.6) is 0 Å². The van der Waals surface area contributed by atoms with E-state index in [9.17, 15) is 4.79 Å². The van der Waals surface area contributed by atoms with Crippen LogP contribution < -0.4 is 0 Å². The third kappa shape index (κ3) is 1.16. The molecule has 0 amide bonds. The molecule has 0 saturated carbocycles. The quantitative estimate of drug-likeness (QED) is 0.651. The number of carbonyl (C=O) groups is 1. The van der Waals surface area contributed by atoms with Crippen LogP contribution in [-0.2, 0) is 0 Å². The molecule has 4 nitrogen and oxygen atoms in total. The minimum Gasteiger partial charge on any atom is -0.478 e. The number of hydrogen-bond acceptors (Lipinski definition) is 2. The van der Waals surface area contributed by atoms with Crippen molar-refractivity contribution in [3.63, 3.8) is 0 Å². The van der Waals surface area contributed by atoms with Gasteiger partial charge >= 0.3 is 5.97 Å². The third-order valence-corrected chi connectivity index (χ3v) is 2.68. The zero-order valence-corrected chi connectivity index (χ0v) is 8.27. The van der Waals surface area contributed by atoms with Crippen LogP contribution in [0.4, 0.5) is 0 Å². The summed E-state index contributed by atoms with van der Waals surface area (Å²) in [4.78, 5) is 10.8. The number of benzene rings is 2. The number of carboxylic acid groups (broad SMARTS) is 1. The van der Waals surface area contributed by atoms with E-state index in [2.05, 4.69) is 10.2 Å². The van der Waals surface area contributed by atoms with Crippen molar-refractivity contribution < 1.29 is 9.90 Å². The van der Waals surface area contributed by atoms with Crippen LogP contribution >= 0.6 is 0 Å². The zero-order chi connectivity index (χ0) is 11.1. The first-order valence-electron chi connectivity index (χ1n) is 4.85. The van der Waals surface area contributed by atoms with E-state index in [4.69, 9.17) is 5.11 Å². The molecule has 0 saturated heterocycles. The van der Waals surface area contributed by atoms with Crippen LogP contribution in [-0.4, -0.2) is 21.3 Å². The van der Waals surface area contributed by atoms with Gasteiger partial charge in [-0.1, -0.05) is 18.2 Å². The lowest BCUT2D eigenvalue weighted by molar-refractivity contribution is 0.0697. The van der Waals surface area contributed by atoms with Gasteiger partial charge in [-0.05, 0) is 17.5 Å². The Bertz CT molecular complexity index is 700. The van der Waals surface area contributed by atoms with E-state index < -0.39 is 5.97 Å². The summed E-state index contributed by atoms with van der Waals surface area (Å²) < 4.78 is 0. The van der Waals surface area contributed by atoms with Crippen LogP contribution in [0.2, 0.25) is 0 Å². The largest absolute Gasteiger partial charge is 0.478 e. The van der Waals surface area contributed by atoms with Gasteiger partial charge in [-0.2, -0.15) is 5.10 Å². The van der Waals surface area contributed by atoms with Gasteiger partial charge in [-0.15, -0.1) is 0 Å². The Morgan fingerprint density at radius 2 is 2.00 bits per heavy atom. The van der Waals surface area contributed by atoms with E-state index in [1.807, 2.05) is 12.1 Å². The number of H-pyrrole nitrogens is 1. The second-order valence-electron chi connectivity index (χ2n) is 3.64. The number of fused-ring (bicyclic) bond motifs is 3. The van der Waals surface area contributed by atoms with Gasteiger partial charge in [0.15, 0.2) is 0 Å². The first-order valence-corrected chi connectivity index (χ1v) is 4.85. The molecule has 2 N–H and O–H groups in total. The minimum atomic E-state index is -0.911. The lowest BCUT2D eigenvalue weighted by atomic mass is 10.0. The number of nitrogens with zero attached hydrogens (tertiary/aromatic N) is 1. The molecular formula is C12H8N2O2. The van der Waals surface area contributed by atoms with E-state index in [0.29, 0.717) is 5.56 Å². The van der Waals surface area contributed by atoms with Crippen molar-refractivity contribution in [1.29, 1.82) is 0 Å². The fourth-order valence-corrected chi connectivity index (χ4v) is 1.88. The summed E-state index contributed by atoms with van der Waals surface area (Å²) in [5, 5.41) is 18.7. The SMILES string of the molecule is O=C(O)c1ccc2c(ccc3cn[nH]c32)c1. The van der Waals surface area contributed by atoms with Gasteiger partial charge in [0.05, 0.1) is 17.3 Å². The molecule has 1 heterocycles. The molecule has 4 heteroatoms. The maximum Gasteiger partial charge on any atom is 0.335 e. The fraction of sp³-hybridized carbons (Fsp3) is 0. The van der Waals surface area contributed by atoms with Gasteiger partial charge in [-0.3, -0.25) is 5.10 Å². The van der Waals surface area contributed by atoms with Crippen LogP contribution in [0, 0.1) is 0 Å². The summed E-state index contributed by atoms with van der Waals surface area (Å²) in [5.41, 5.74) is 1.24. The Hall–Kier alpha value is -2.36. The molecule has 0 atom stereocenters. The Labute approximate surface area is 90.5 Å². The summed E-state index contributed by atoms with van der Waals surface area (Å²) in [7, 11) is 0. The molecule has 0 radical (unpaired) electrons. The monoisotopic (exact) mass is 212 g/mol. The van der Waals surface area contributed by atoms with Crippen molar-refractivity contribution in [2.75, 3.05) is 0 Å². The highest BCUT2D eigenvalue weighted by Crippen LogP contribution is 2.24. The van der Waals surface area contributed by atoms with Crippen LogP contribution in [0.25, 0.3) is 21.7 Å². The summed E-state index contributed by atoms with van der Waals surface area (Å²) in [6.07, 6.45) is 1.75. The number of rotatable bonds is 1. The van der Waals surface area contributed by atoms with E-state index >= 15 is 0 Å². The Morgan fingerprint density at radius 1 is 1.19 bits per heavy atom. The summed E-state index contributed by atoms with van der Waals surface area (Å²) in [5.74, 6) is -0.911. The maximum absolute atomic E-state index is 10.8. The predicted octanol–water partition coefficient (Wildman–Crippen LogP) is 2.41. The van der Waals surface area contributed by atoms with Gasteiger partial charge < -0.3 is 5.11 Å². The average Bonchev–Trinajstić information content (AvgIpc) is 2.76. The number of carboxylic acids is 1. The first-order chi connectivity index (χ1) is 7.75. The molecule has 3 rings (SSSR count). The second-order valence-corrected chi connectivity index (χ2v) is 3.64. The second kappa shape index (κ2) is 3.06. The van der Waals surface area contributed by atoms with Crippen molar-refractivity contribution in [2.45, 2.75) is 0 Å². The number of aromatic carboxylic acids is 1. The lowest BCUT2D eigenvalue weighted by Gasteiger charge is -2.00. The molecule has 1 aromatic heterocycles. The van der Waals surface area contributed by atoms with Crippen molar-refractivity contribution >= 4 is 27.6 Å². The highest BCUT2D eigenvalue weighted by Gasteiger charge is 2.06. The van der Waals surface area contributed by atoms with E-state index in [0.717, 1.165) is 21.7 Å². The van der Waals surface area contributed by atoms with Crippen LogP contribution in [0.15, 0.2) is 36.5 Å². The van der Waals surface area contributed by atoms with Crippen molar-refractivity contribution in [2.24, 2.45) is 0 Å². The Balaban J connectivity index is 2.41. The summed E-state index contributed by atoms with van der Waals surface area (Å²) in [6.45, 7) is 0. The van der Waals surface area contributed by atoms with E-state index in [1.54, 1.807) is 24.4 Å². The molecule has 0 unspecified atom stereocenters. The first kappa shape index (κ1) is 8.91. The topological polar surface area (TPSA) is 66.0 Å². The molecular weight excluding hydrogens is 204 g/mol. The molecule has 0 aliphatic rings. The van der Waals surface area contributed by atoms with Crippen molar-refractivity contribution in [1.82, 2.24) is 10.2 Å². The molecule has 2 aromatic carbocycles. The molecule has 0 aliphatic carbocycles. The number of nitrogens with one attached hydrogen (secondary N) is 1. The molecule has 0 spiro atoms. The molecule has 78 valence electrons. The number of aromatic amines is 1. The smallest absolute Gasteiger partial charge is 0.335 e.